The highest BCUT2D eigenvalue weighted by Crippen LogP contribution is 2.54. The van der Waals surface area contributed by atoms with Gasteiger partial charge in [-0.25, -0.2) is 4.79 Å². The van der Waals surface area contributed by atoms with E-state index < -0.39 is 0 Å². The van der Waals surface area contributed by atoms with Gasteiger partial charge in [0, 0.05) is 12.0 Å². The molecular weight excluding hydrogens is 368 g/mol. The minimum atomic E-state index is -0.387. The van der Waals surface area contributed by atoms with Crippen LogP contribution >= 0.6 is 11.6 Å². The number of nitrogens with one attached hydrogen (secondary N) is 1. The largest absolute Gasteiger partial charge is 0.465 e. The molecule has 0 spiro atoms. The van der Waals surface area contributed by atoms with Gasteiger partial charge in [0.1, 0.15) is 0 Å². The summed E-state index contributed by atoms with van der Waals surface area (Å²) in [5.41, 5.74) is 2.82. The average Bonchev–Trinajstić information content (AvgIpc) is 3.17. The van der Waals surface area contributed by atoms with Gasteiger partial charge in [-0.1, -0.05) is 35.9 Å². The van der Waals surface area contributed by atoms with Gasteiger partial charge in [0.2, 0.25) is 0 Å². The van der Waals surface area contributed by atoms with Crippen LogP contribution in [-0.4, -0.2) is 18.0 Å². The summed E-state index contributed by atoms with van der Waals surface area (Å²) < 4.78 is 4.74. The number of halogens is 1. The van der Waals surface area contributed by atoms with Gasteiger partial charge in [0.25, 0.3) is 5.69 Å². The van der Waals surface area contributed by atoms with Crippen molar-refractivity contribution < 1.29 is 14.5 Å². The minimum absolute atomic E-state index is 0.0660. The van der Waals surface area contributed by atoms with E-state index in [4.69, 9.17) is 16.3 Å². The molecule has 0 saturated carbocycles. The summed E-state index contributed by atoms with van der Waals surface area (Å²) in [5.74, 6) is -0.327. The number of esters is 1. The van der Waals surface area contributed by atoms with Gasteiger partial charge in [-0.15, -0.1) is 0 Å². The van der Waals surface area contributed by atoms with Crippen LogP contribution in [0.4, 0.5) is 11.4 Å². The maximum Gasteiger partial charge on any atom is 0.337 e. The second kappa shape index (κ2) is 6.70. The maximum atomic E-state index is 11.7. The number of carbonyl (C=O) groups is 1. The molecule has 2 aromatic carbocycles. The molecule has 6 nitrogen and oxygen atoms in total. The Labute approximate surface area is 160 Å². The summed E-state index contributed by atoms with van der Waals surface area (Å²) in [6.45, 7) is 0. The number of nitro groups is 1. The highest BCUT2D eigenvalue weighted by atomic mass is 35.5. The fraction of sp³-hybridized carbons (Fsp3) is 0.250. The van der Waals surface area contributed by atoms with Crippen LogP contribution in [0.5, 0.6) is 0 Å². The Bertz CT molecular complexity index is 955. The number of anilines is 1. The lowest BCUT2D eigenvalue weighted by molar-refractivity contribution is -0.385. The standard InChI is InChI=1S/C20H17ClN2O4/c1-27-20(24)12-7-5-11(6-8-12)18-14-4-2-3-13(14)17-16(23(25)26)10-9-15(21)19(17)22-18/h2-3,5-10,13-14,18,22H,4H2,1H3/t13-,14+,18+/m0/s1. The van der Waals surface area contributed by atoms with E-state index in [9.17, 15) is 14.9 Å². The van der Waals surface area contributed by atoms with Crippen LogP contribution in [0.25, 0.3) is 0 Å². The molecule has 2 aliphatic rings. The zero-order valence-electron chi connectivity index (χ0n) is 14.5. The molecule has 0 radical (unpaired) electrons. The van der Waals surface area contributed by atoms with Crippen LogP contribution in [0.15, 0.2) is 48.6 Å². The number of benzene rings is 2. The van der Waals surface area contributed by atoms with Crippen molar-refractivity contribution in [2.24, 2.45) is 5.92 Å². The number of hydrogen-bond donors (Lipinski definition) is 1. The van der Waals surface area contributed by atoms with Crippen molar-refractivity contribution in [2.45, 2.75) is 18.4 Å². The second-order valence-corrected chi connectivity index (χ2v) is 7.11. The first-order valence-corrected chi connectivity index (χ1v) is 8.97. The highest BCUT2D eigenvalue weighted by Gasteiger charge is 2.42. The number of carbonyl (C=O) groups excluding carboxylic acids is 1. The molecule has 1 N–H and O–H groups in total. The molecule has 4 rings (SSSR count). The van der Waals surface area contributed by atoms with Crippen molar-refractivity contribution in [3.63, 3.8) is 0 Å². The molecule has 0 fully saturated rings. The van der Waals surface area contributed by atoms with Gasteiger partial charge in [-0.3, -0.25) is 10.1 Å². The molecule has 2 aromatic rings. The predicted molar refractivity (Wildman–Crippen MR) is 102 cm³/mol. The van der Waals surface area contributed by atoms with Crippen molar-refractivity contribution >= 4 is 28.9 Å². The van der Waals surface area contributed by atoms with Crippen LogP contribution in [-0.2, 0) is 4.74 Å². The van der Waals surface area contributed by atoms with Crippen LogP contribution in [0, 0.1) is 16.0 Å². The fourth-order valence-electron chi connectivity index (χ4n) is 4.09. The summed E-state index contributed by atoms with van der Waals surface area (Å²) in [6.07, 6.45) is 4.90. The zero-order chi connectivity index (χ0) is 19.1. The first-order valence-electron chi connectivity index (χ1n) is 8.59. The van der Waals surface area contributed by atoms with E-state index in [0.717, 1.165) is 12.0 Å². The smallest absolute Gasteiger partial charge is 0.337 e. The third-order valence-corrected chi connectivity index (χ3v) is 5.65. The first kappa shape index (κ1) is 17.5. The number of allylic oxidation sites excluding steroid dienone is 2. The van der Waals surface area contributed by atoms with Crippen LogP contribution in [0.2, 0.25) is 5.02 Å². The normalized spacial score (nSPS) is 22.5. The quantitative estimate of drug-likeness (QED) is 0.353. The van der Waals surface area contributed by atoms with Crippen molar-refractivity contribution in [3.8, 4) is 0 Å². The molecule has 138 valence electrons. The molecule has 1 aliphatic heterocycles. The van der Waals surface area contributed by atoms with Gasteiger partial charge in [0.05, 0.1) is 39.9 Å². The summed E-state index contributed by atoms with van der Waals surface area (Å²) >= 11 is 6.38. The number of hydrogen-bond acceptors (Lipinski definition) is 5. The lowest BCUT2D eigenvalue weighted by Crippen LogP contribution is -2.30. The van der Waals surface area contributed by atoms with Crippen molar-refractivity contribution in [1.82, 2.24) is 0 Å². The fourth-order valence-corrected chi connectivity index (χ4v) is 4.31. The Kier molecular flexibility index (Phi) is 4.36. The predicted octanol–water partition coefficient (Wildman–Crippen LogP) is 4.86. The van der Waals surface area contributed by atoms with E-state index in [2.05, 4.69) is 11.4 Å². The molecule has 1 aliphatic carbocycles. The summed E-state index contributed by atoms with van der Waals surface area (Å²) in [6, 6.07) is 10.2. The molecule has 0 bridgehead atoms. The van der Waals surface area contributed by atoms with E-state index in [1.54, 1.807) is 18.2 Å². The van der Waals surface area contributed by atoms with Crippen LogP contribution in [0.1, 0.15) is 39.9 Å². The SMILES string of the molecule is COC(=O)c1ccc([C@H]2Nc3c(Cl)ccc([N+](=O)[O-])c3[C@H]3C=CC[C@H]32)cc1. The molecule has 7 heteroatoms. The molecule has 0 saturated heterocycles. The van der Waals surface area contributed by atoms with E-state index in [1.165, 1.54) is 13.2 Å². The molecule has 3 atom stereocenters. The summed E-state index contributed by atoms with van der Waals surface area (Å²) in [7, 11) is 1.35. The number of fused-ring (bicyclic) bond motifs is 3. The Morgan fingerprint density at radius 1 is 1.26 bits per heavy atom. The summed E-state index contributed by atoms with van der Waals surface area (Å²) in [5, 5.41) is 15.4. The van der Waals surface area contributed by atoms with E-state index in [1.807, 2.05) is 18.2 Å². The van der Waals surface area contributed by atoms with Gasteiger partial charge in [0.15, 0.2) is 0 Å². The van der Waals surface area contributed by atoms with Gasteiger partial charge in [-0.05, 0) is 36.1 Å². The molecule has 27 heavy (non-hydrogen) atoms. The van der Waals surface area contributed by atoms with E-state index in [-0.39, 0.29) is 34.5 Å². The first-order chi connectivity index (χ1) is 13.0. The Morgan fingerprint density at radius 2 is 2.00 bits per heavy atom. The number of methoxy groups -OCH3 is 1. The third kappa shape index (κ3) is 2.86. The number of rotatable bonds is 3. The van der Waals surface area contributed by atoms with Crippen molar-refractivity contribution in [2.75, 3.05) is 12.4 Å². The Balaban J connectivity index is 1.77. The van der Waals surface area contributed by atoms with Crippen molar-refractivity contribution in [1.29, 1.82) is 0 Å². The minimum Gasteiger partial charge on any atom is -0.465 e. The van der Waals surface area contributed by atoms with Gasteiger partial charge >= 0.3 is 5.97 Å². The molecule has 0 aromatic heterocycles. The molecule has 0 unspecified atom stereocenters. The molecule has 0 amide bonds. The van der Waals surface area contributed by atoms with E-state index >= 15 is 0 Å². The third-order valence-electron chi connectivity index (χ3n) is 5.33. The van der Waals surface area contributed by atoms with Gasteiger partial charge in [-0.2, -0.15) is 0 Å². The highest BCUT2D eigenvalue weighted by molar-refractivity contribution is 6.33. The maximum absolute atomic E-state index is 11.7. The lowest BCUT2D eigenvalue weighted by Gasteiger charge is -2.37. The lowest BCUT2D eigenvalue weighted by atomic mass is 9.76. The van der Waals surface area contributed by atoms with Gasteiger partial charge < -0.3 is 10.1 Å². The molecular formula is C20H17ClN2O4. The van der Waals surface area contributed by atoms with Crippen molar-refractivity contribution in [3.05, 3.63) is 80.4 Å². The molecule has 1 heterocycles. The average molecular weight is 385 g/mol. The van der Waals surface area contributed by atoms with Crippen LogP contribution in [0.3, 0.4) is 0 Å². The topological polar surface area (TPSA) is 81.5 Å². The van der Waals surface area contributed by atoms with Crippen LogP contribution < -0.4 is 5.32 Å². The summed E-state index contributed by atoms with van der Waals surface area (Å²) in [4.78, 5) is 22.8. The zero-order valence-corrected chi connectivity index (χ0v) is 15.3. The number of nitrogens with zero attached hydrogens (tertiary/aromatic N) is 1. The van der Waals surface area contributed by atoms with E-state index in [0.29, 0.717) is 21.8 Å². The Hall–Kier alpha value is -2.86. The number of nitro benzene ring substituents is 1. The Morgan fingerprint density at radius 3 is 2.67 bits per heavy atom. The number of ether oxygens (including phenoxy) is 1. The second-order valence-electron chi connectivity index (χ2n) is 6.70. The monoisotopic (exact) mass is 384 g/mol.